The number of allylic oxidation sites excluding steroid dienone is 2. The maximum absolute atomic E-state index is 9.83. The Morgan fingerprint density at radius 2 is 1.31 bits per heavy atom. The van der Waals surface area contributed by atoms with E-state index in [0.29, 0.717) is 6.61 Å². The molecule has 5 nitrogen and oxygen atoms in total. The Bertz CT molecular complexity index is 387. The summed E-state index contributed by atoms with van der Waals surface area (Å²) in [6, 6.07) is 0. The Morgan fingerprint density at radius 3 is 1.93 bits per heavy atom. The van der Waals surface area contributed by atoms with Crippen molar-refractivity contribution in [1.82, 2.24) is 0 Å². The molecule has 0 saturated carbocycles. The monoisotopic (exact) mass is 414 g/mol. The number of rotatable bonds is 18. The number of hydrogen-bond acceptors (Lipinski definition) is 5. The number of aliphatic hydroxyl groups excluding tert-OH is 3. The number of hydrogen-bond donors (Lipinski definition) is 3. The highest BCUT2D eigenvalue weighted by atomic mass is 16.6. The molecule has 1 aliphatic rings. The normalized spacial score (nSPS) is 25.1. The fourth-order valence-corrected chi connectivity index (χ4v) is 3.66. The van der Waals surface area contributed by atoms with Crippen molar-refractivity contribution < 1.29 is 24.8 Å². The summed E-state index contributed by atoms with van der Waals surface area (Å²) in [5.74, 6) is 0. The molecule has 0 amide bonds. The Kier molecular flexibility index (Phi) is 16.8. The zero-order valence-electron chi connectivity index (χ0n) is 18.6. The van der Waals surface area contributed by atoms with Gasteiger partial charge in [0, 0.05) is 6.61 Å². The summed E-state index contributed by atoms with van der Waals surface area (Å²) in [7, 11) is 0. The van der Waals surface area contributed by atoms with Gasteiger partial charge >= 0.3 is 0 Å². The molecular formula is C24H46O5. The first-order valence-electron chi connectivity index (χ1n) is 12.0. The highest BCUT2D eigenvalue weighted by Crippen LogP contribution is 2.16. The Hall–Kier alpha value is -0.460. The summed E-state index contributed by atoms with van der Waals surface area (Å²) in [4.78, 5) is 0. The third-order valence-electron chi connectivity index (χ3n) is 5.69. The van der Waals surface area contributed by atoms with E-state index >= 15 is 0 Å². The lowest BCUT2D eigenvalue weighted by molar-refractivity contribution is -0.199. The second-order valence-electron chi connectivity index (χ2n) is 8.43. The molecule has 1 heterocycles. The molecular weight excluding hydrogens is 368 g/mol. The number of unbranched alkanes of at least 4 members (excludes halogenated alkanes) is 12. The Morgan fingerprint density at radius 1 is 0.759 bits per heavy atom. The van der Waals surface area contributed by atoms with Gasteiger partial charge in [0.25, 0.3) is 0 Å². The third-order valence-corrected chi connectivity index (χ3v) is 5.69. The molecule has 1 rings (SSSR count). The fraction of sp³-hybridized carbons (Fsp3) is 0.917. The highest BCUT2D eigenvalue weighted by molar-refractivity contribution is 4.86. The summed E-state index contributed by atoms with van der Waals surface area (Å²) < 4.78 is 10.9. The topological polar surface area (TPSA) is 79.2 Å². The van der Waals surface area contributed by atoms with Gasteiger partial charge in [-0.2, -0.15) is 0 Å². The molecule has 0 aromatic heterocycles. The summed E-state index contributed by atoms with van der Waals surface area (Å²) >= 11 is 0. The molecule has 0 aliphatic carbocycles. The second-order valence-corrected chi connectivity index (χ2v) is 8.43. The Labute approximate surface area is 178 Å². The van der Waals surface area contributed by atoms with Crippen molar-refractivity contribution in [2.24, 2.45) is 0 Å². The second kappa shape index (κ2) is 18.3. The number of ether oxygens (including phenoxy) is 2. The average Bonchev–Trinajstić information content (AvgIpc) is 2.72. The van der Waals surface area contributed by atoms with E-state index in [9.17, 15) is 15.3 Å². The van der Waals surface area contributed by atoms with Crippen molar-refractivity contribution >= 4 is 0 Å². The fourth-order valence-electron chi connectivity index (χ4n) is 3.66. The van der Waals surface area contributed by atoms with Gasteiger partial charge in [0.2, 0.25) is 0 Å². The molecule has 1 saturated heterocycles. The Balaban J connectivity index is 1.80. The van der Waals surface area contributed by atoms with Crippen LogP contribution in [0.3, 0.4) is 0 Å². The van der Waals surface area contributed by atoms with Crippen LogP contribution in [0.2, 0.25) is 0 Å². The average molecular weight is 415 g/mol. The van der Waals surface area contributed by atoms with E-state index in [4.69, 9.17) is 9.47 Å². The lowest BCUT2D eigenvalue weighted by Gasteiger charge is -2.35. The summed E-state index contributed by atoms with van der Waals surface area (Å²) in [6.07, 6.45) is 18.9. The van der Waals surface area contributed by atoms with Crippen LogP contribution < -0.4 is 0 Å². The largest absolute Gasteiger partial charge is 0.388 e. The molecule has 1 fully saturated rings. The molecule has 0 aromatic rings. The molecule has 1 aliphatic heterocycles. The molecule has 0 aromatic carbocycles. The van der Waals surface area contributed by atoms with E-state index in [0.717, 1.165) is 12.8 Å². The molecule has 0 radical (unpaired) electrons. The van der Waals surface area contributed by atoms with Gasteiger partial charge in [-0.05, 0) is 32.1 Å². The van der Waals surface area contributed by atoms with E-state index in [2.05, 4.69) is 19.1 Å². The minimum Gasteiger partial charge on any atom is -0.388 e. The van der Waals surface area contributed by atoms with Crippen molar-refractivity contribution in [3.8, 4) is 0 Å². The van der Waals surface area contributed by atoms with Gasteiger partial charge in [0.05, 0.1) is 13.2 Å². The van der Waals surface area contributed by atoms with Crippen molar-refractivity contribution in [2.45, 2.75) is 121 Å². The van der Waals surface area contributed by atoms with Gasteiger partial charge in [0.15, 0.2) is 0 Å². The van der Waals surface area contributed by atoms with Gasteiger partial charge in [-0.1, -0.05) is 76.9 Å². The van der Waals surface area contributed by atoms with Crippen LogP contribution in [0.5, 0.6) is 0 Å². The van der Waals surface area contributed by atoms with E-state index < -0.39 is 24.4 Å². The first-order chi connectivity index (χ1) is 14.2. The molecule has 5 heteroatoms. The number of aliphatic hydroxyl groups is 3. The quantitative estimate of drug-likeness (QED) is 0.227. The van der Waals surface area contributed by atoms with Crippen molar-refractivity contribution in [3.05, 3.63) is 12.2 Å². The van der Waals surface area contributed by atoms with Gasteiger partial charge < -0.3 is 24.8 Å². The van der Waals surface area contributed by atoms with Gasteiger partial charge in [-0.25, -0.2) is 0 Å². The molecule has 172 valence electrons. The van der Waals surface area contributed by atoms with Crippen LogP contribution >= 0.6 is 0 Å². The molecule has 0 spiro atoms. The first kappa shape index (κ1) is 26.6. The van der Waals surface area contributed by atoms with E-state index in [-0.39, 0.29) is 13.2 Å². The minimum atomic E-state index is -1.15. The van der Waals surface area contributed by atoms with Gasteiger partial charge in [-0.15, -0.1) is 0 Å². The van der Waals surface area contributed by atoms with Crippen LogP contribution in [0.1, 0.15) is 96.8 Å². The van der Waals surface area contributed by atoms with Crippen LogP contribution in [-0.2, 0) is 9.47 Å². The van der Waals surface area contributed by atoms with E-state index in [1.807, 2.05) is 0 Å². The van der Waals surface area contributed by atoms with Crippen LogP contribution in [-0.4, -0.2) is 59.6 Å². The first-order valence-corrected chi connectivity index (χ1v) is 12.0. The van der Waals surface area contributed by atoms with Gasteiger partial charge in [-0.3, -0.25) is 0 Å². The van der Waals surface area contributed by atoms with E-state index in [1.165, 1.54) is 77.0 Å². The van der Waals surface area contributed by atoms with E-state index in [1.54, 1.807) is 0 Å². The minimum absolute atomic E-state index is 0.0414. The molecule has 29 heavy (non-hydrogen) atoms. The molecule has 3 N–H and O–H groups in total. The molecule has 0 bridgehead atoms. The zero-order valence-corrected chi connectivity index (χ0v) is 18.6. The van der Waals surface area contributed by atoms with Crippen molar-refractivity contribution in [3.63, 3.8) is 0 Å². The van der Waals surface area contributed by atoms with Crippen LogP contribution in [0.4, 0.5) is 0 Å². The standard InChI is InChI=1S/C24H46O5/c1-2-3-4-5-6-7-8-9-10-11-12-13-14-15-16-17-18-28-20-22-24(27)23(26)21(25)19-29-22/h10-11,21-27H,2-9,12-20H2,1H3/b11-10+/t21-,22+,23+,24+/m1/s1. The highest BCUT2D eigenvalue weighted by Gasteiger charge is 2.37. The lowest BCUT2D eigenvalue weighted by atomic mass is 10.0. The molecule has 4 atom stereocenters. The lowest BCUT2D eigenvalue weighted by Crippen LogP contribution is -2.54. The van der Waals surface area contributed by atoms with Crippen molar-refractivity contribution in [1.29, 1.82) is 0 Å². The SMILES string of the molecule is CCCCCCCCC/C=C/CCCCCCCOC[C@@H]1OC[C@@H](O)[C@H](O)[C@H]1O. The third kappa shape index (κ3) is 13.5. The summed E-state index contributed by atoms with van der Waals surface area (Å²) in [5.41, 5.74) is 0. The zero-order chi connectivity index (χ0) is 21.2. The maximum Gasteiger partial charge on any atom is 0.111 e. The smallest absolute Gasteiger partial charge is 0.111 e. The predicted molar refractivity (Wildman–Crippen MR) is 118 cm³/mol. The summed E-state index contributed by atoms with van der Waals surface area (Å²) in [5, 5.41) is 28.9. The van der Waals surface area contributed by atoms with Crippen molar-refractivity contribution in [2.75, 3.05) is 19.8 Å². The predicted octanol–water partition coefficient (Wildman–Crippen LogP) is 4.52. The molecule has 0 unspecified atom stereocenters. The van der Waals surface area contributed by atoms with Gasteiger partial charge in [0.1, 0.15) is 24.4 Å². The maximum atomic E-state index is 9.83. The van der Waals surface area contributed by atoms with Crippen LogP contribution in [0.25, 0.3) is 0 Å². The van der Waals surface area contributed by atoms with Crippen LogP contribution in [0, 0.1) is 0 Å². The van der Waals surface area contributed by atoms with Crippen LogP contribution in [0.15, 0.2) is 12.2 Å². The summed E-state index contributed by atoms with van der Waals surface area (Å²) in [6.45, 7) is 3.21.